The molecular weight excluding hydrogens is 319 g/mol. The Bertz CT molecular complexity index is 527. The monoisotopic (exact) mass is 336 g/mol. The number of halogens is 1. The van der Waals surface area contributed by atoms with Crippen molar-refractivity contribution in [2.24, 2.45) is 0 Å². The third kappa shape index (κ3) is 2.60. The van der Waals surface area contributed by atoms with Gasteiger partial charge in [0.1, 0.15) is 0 Å². The van der Waals surface area contributed by atoms with E-state index < -0.39 is 0 Å². The summed E-state index contributed by atoms with van der Waals surface area (Å²) in [5.41, 5.74) is 2.93. The van der Waals surface area contributed by atoms with Gasteiger partial charge in [-0.25, -0.2) is 0 Å². The zero-order valence-corrected chi connectivity index (χ0v) is 13.3. The summed E-state index contributed by atoms with van der Waals surface area (Å²) in [6, 6.07) is 19.5. The first-order valence-corrected chi connectivity index (χ1v) is 9.21. The molecule has 1 aliphatic heterocycles. The molecule has 1 atom stereocenters. The molecule has 1 heterocycles. The van der Waals surface area contributed by atoms with E-state index in [0.29, 0.717) is 15.0 Å². The zero-order chi connectivity index (χ0) is 13.1. The van der Waals surface area contributed by atoms with Crippen molar-refractivity contribution in [1.29, 1.82) is 0 Å². The summed E-state index contributed by atoms with van der Waals surface area (Å²) in [6.45, 7) is 0. The standard InChI is InChI=1S/C17H17ClSe/c18-16-10-8-15(9-11-16)17(12-4-5-13-19-17)14-6-2-1-3-7-14/h1-3,6-11H,4-5,12-13H2. The molecule has 2 aromatic carbocycles. The first kappa shape index (κ1) is 13.2. The molecule has 0 amide bonds. The van der Waals surface area contributed by atoms with E-state index in [0.717, 1.165) is 5.02 Å². The summed E-state index contributed by atoms with van der Waals surface area (Å²) in [6.07, 6.45) is 4.00. The van der Waals surface area contributed by atoms with Gasteiger partial charge in [-0.05, 0) is 0 Å². The van der Waals surface area contributed by atoms with Crippen LogP contribution in [0.4, 0.5) is 0 Å². The molecule has 0 bridgehead atoms. The van der Waals surface area contributed by atoms with E-state index in [4.69, 9.17) is 11.6 Å². The Hall–Kier alpha value is -0.751. The summed E-state index contributed by atoms with van der Waals surface area (Å²) in [4.78, 5) is 0. The molecule has 0 nitrogen and oxygen atoms in total. The molecule has 0 N–H and O–H groups in total. The first-order valence-electron chi connectivity index (χ1n) is 6.77. The number of hydrogen-bond donors (Lipinski definition) is 0. The van der Waals surface area contributed by atoms with E-state index in [1.54, 1.807) is 0 Å². The van der Waals surface area contributed by atoms with Crippen LogP contribution in [0.1, 0.15) is 30.4 Å². The van der Waals surface area contributed by atoms with Gasteiger partial charge in [-0.3, -0.25) is 0 Å². The summed E-state index contributed by atoms with van der Waals surface area (Å²) in [7, 11) is 0. The maximum absolute atomic E-state index is 6.05. The van der Waals surface area contributed by atoms with Gasteiger partial charge in [0.2, 0.25) is 0 Å². The van der Waals surface area contributed by atoms with Crippen LogP contribution in [0.3, 0.4) is 0 Å². The molecule has 0 saturated carbocycles. The average Bonchev–Trinajstić information content (AvgIpc) is 2.49. The fourth-order valence-electron chi connectivity index (χ4n) is 2.84. The average molecular weight is 336 g/mol. The van der Waals surface area contributed by atoms with Crippen molar-refractivity contribution in [2.45, 2.75) is 28.9 Å². The number of rotatable bonds is 2. The molecule has 19 heavy (non-hydrogen) atoms. The number of benzene rings is 2. The van der Waals surface area contributed by atoms with Gasteiger partial charge in [0.15, 0.2) is 0 Å². The van der Waals surface area contributed by atoms with E-state index in [2.05, 4.69) is 42.5 Å². The Morgan fingerprint density at radius 1 is 0.842 bits per heavy atom. The predicted octanol–water partition coefficient (Wildman–Crippen LogP) is 4.89. The summed E-state index contributed by atoms with van der Waals surface area (Å²) in [5.74, 6) is 0. The second-order valence-electron chi connectivity index (χ2n) is 5.01. The van der Waals surface area contributed by atoms with Gasteiger partial charge < -0.3 is 0 Å². The second-order valence-corrected chi connectivity index (χ2v) is 8.37. The van der Waals surface area contributed by atoms with Gasteiger partial charge in [0, 0.05) is 0 Å². The number of hydrogen-bond acceptors (Lipinski definition) is 0. The van der Waals surface area contributed by atoms with Crippen LogP contribution < -0.4 is 0 Å². The van der Waals surface area contributed by atoms with Gasteiger partial charge in [-0.2, -0.15) is 0 Å². The minimum absolute atomic E-state index is 0.261. The topological polar surface area (TPSA) is 0 Å². The van der Waals surface area contributed by atoms with Gasteiger partial charge in [-0.1, -0.05) is 0 Å². The Morgan fingerprint density at radius 3 is 2.16 bits per heavy atom. The van der Waals surface area contributed by atoms with Gasteiger partial charge in [0.05, 0.1) is 0 Å². The Kier molecular flexibility index (Phi) is 3.98. The molecule has 1 saturated heterocycles. The quantitative estimate of drug-likeness (QED) is 0.685. The van der Waals surface area contributed by atoms with Gasteiger partial charge >= 0.3 is 126 Å². The second kappa shape index (κ2) is 5.71. The van der Waals surface area contributed by atoms with Crippen LogP contribution in [-0.2, 0) is 4.31 Å². The van der Waals surface area contributed by atoms with Crippen molar-refractivity contribution in [3.05, 3.63) is 70.7 Å². The van der Waals surface area contributed by atoms with Crippen molar-refractivity contribution in [1.82, 2.24) is 0 Å². The van der Waals surface area contributed by atoms with Crippen molar-refractivity contribution < 1.29 is 0 Å². The molecule has 0 aromatic heterocycles. The van der Waals surface area contributed by atoms with Crippen LogP contribution in [0, 0.1) is 0 Å². The molecule has 1 unspecified atom stereocenters. The molecular formula is C17H17ClSe. The van der Waals surface area contributed by atoms with E-state index in [1.807, 2.05) is 12.1 Å². The Balaban J connectivity index is 2.09. The van der Waals surface area contributed by atoms with Crippen LogP contribution in [-0.4, -0.2) is 15.0 Å². The molecule has 0 spiro atoms. The minimum atomic E-state index is 0.261. The van der Waals surface area contributed by atoms with E-state index in [1.165, 1.54) is 35.7 Å². The summed E-state index contributed by atoms with van der Waals surface area (Å²) >= 11 is 6.67. The first-order chi connectivity index (χ1) is 9.31. The molecule has 1 fully saturated rings. The fraction of sp³-hybridized carbons (Fsp3) is 0.294. The van der Waals surface area contributed by atoms with Crippen molar-refractivity contribution in [2.75, 3.05) is 0 Å². The van der Waals surface area contributed by atoms with E-state index >= 15 is 0 Å². The molecule has 2 aromatic rings. The third-order valence-electron chi connectivity index (χ3n) is 3.82. The van der Waals surface area contributed by atoms with Crippen molar-refractivity contribution in [3.63, 3.8) is 0 Å². The van der Waals surface area contributed by atoms with Gasteiger partial charge in [0.25, 0.3) is 0 Å². The molecule has 3 rings (SSSR count). The van der Waals surface area contributed by atoms with Gasteiger partial charge in [-0.15, -0.1) is 0 Å². The molecule has 0 aliphatic carbocycles. The van der Waals surface area contributed by atoms with Crippen LogP contribution in [0.2, 0.25) is 10.3 Å². The van der Waals surface area contributed by atoms with Crippen molar-refractivity contribution in [3.8, 4) is 0 Å². The summed E-state index contributed by atoms with van der Waals surface area (Å²) < 4.78 is 0.261. The van der Waals surface area contributed by atoms with E-state index in [9.17, 15) is 0 Å². The summed E-state index contributed by atoms with van der Waals surface area (Å²) in [5, 5.41) is 2.21. The van der Waals surface area contributed by atoms with Crippen LogP contribution in [0.15, 0.2) is 54.6 Å². The zero-order valence-electron chi connectivity index (χ0n) is 10.8. The SMILES string of the molecule is Clc1ccc(C2(c3ccccc3)CCCC[Se]2)cc1. The van der Waals surface area contributed by atoms with Crippen LogP contribution in [0.5, 0.6) is 0 Å². The molecule has 2 heteroatoms. The third-order valence-corrected chi connectivity index (χ3v) is 7.56. The molecule has 0 radical (unpaired) electrons. The van der Waals surface area contributed by atoms with Crippen molar-refractivity contribution >= 4 is 26.6 Å². The van der Waals surface area contributed by atoms with E-state index in [-0.39, 0.29) is 4.31 Å². The Morgan fingerprint density at radius 2 is 1.53 bits per heavy atom. The molecule has 98 valence electrons. The van der Waals surface area contributed by atoms with Crippen LogP contribution >= 0.6 is 11.6 Å². The molecule has 1 aliphatic rings. The Labute approximate surface area is 126 Å². The maximum atomic E-state index is 6.05. The van der Waals surface area contributed by atoms with Crippen LogP contribution in [0.25, 0.3) is 0 Å². The predicted molar refractivity (Wildman–Crippen MR) is 83.1 cm³/mol. The fourth-order valence-corrected chi connectivity index (χ4v) is 6.31. The normalized spacial score (nSPS) is 23.2.